The van der Waals surface area contributed by atoms with Gasteiger partial charge in [-0.3, -0.25) is 9.69 Å². The molecule has 1 aliphatic rings. The first-order valence-corrected chi connectivity index (χ1v) is 7.30. The average molecular weight is 273 g/mol. The molecule has 0 unspecified atom stereocenters. The van der Waals surface area contributed by atoms with Crippen LogP contribution in [0.2, 0.25) is 6.32 Å². The molecule has 1 aliphatic heterocycles. The number of aliphatic hydroxyl groups is 1. The Balaban J connectivity index is 1.67. The molecule has 2 N–H and O–H groups in total. The van der Waals surface area contributed by atoms with Gasteiger partial charge in [0, 0.05) is 13.1 Å². The molecule has 2 rings (SSSR count). The van der Waals surface area contributed by atoms with Gasteiger partial charge in [0.15, 0.2) is 7.28 Å². The van der Waals surface area contributed by atoms with Crippen LogP contribution in [0.3, 0.4) is 0 Å². The summed E-state index contributed by atoms with van der Waals surface area (Å²) < 4.78 is 0. The SMILES string of the molecule is O=C(CO)NCCC[B]c1cccc(CN2CCC2)c1. The summed E-state index contributed by atoms with van der Waals surface area (Å²) in [6.45, 7) is 3.68. The van der Waals surface area contributed by atoms with Crippen molar-refractivity contribution in [1.82, 2.24) is 10.2 Å². The second kappa shape index (κ2) is 8.07. The highest BCUT2D eigenvalue weighted by molar-refractivity contribution is 6.53. The van der Waals surface area contributed by atoms with Gasteiger partial charge in [-0.25, -0.2) is 0 Å². The predicted molar refractivity (Wildman–Crippen MR) is 81.2 cm³/mol. The summed E-state index contributed by atoms with van der Waals surface area (Å²) in [5.74, 6) is -0.304. The Morgan fingerprint density at radius 1 is 1.40 bits per heavy atom. The number of carbonyl (C=O) groups excluding carboxylic acids is 1. The van der Waals surface area contributed by atoms with Crippen molar-refractivity contribution in [2.45, 2.75) is 25.7 Å². The number of nitrogens with one attached hydrogen (secondary N) is 1. The molecule has 1 radical (unpaired) electrons. The minimum Gasteiger partial charge on any atom is -0.387 e. The summed E-state index contributed by atoms with van der Waals surface area (Å²) >= 11 is 0. The Morgan fingerprint density at radius 3 is 2.95 bits per heavy atom. The molecule has 1 fully saturated rings. The van der Waals surface area contributed by atoms with Crippen molar-refractivity contribution in [3.05, 3.63) is 29.8 Å². The van der Waals surface area contributed by atoms with Crippen molar-refractivity contribution in [3.63, 3.8) is 0 Å². The van der Waals surface area contributed by atoms with Crippen molar-refractivity contribution < 1.29 is 9.90 Å². The van der Waals surface area contributed by atoms with E-state index >= 15 is 0 Å². The summed E-state index contributed by atoms with van der Waals surface area (Å²) in [5.41, 5.74) is 2.61. The van der Waals surface area contributed by atoms with Crippen molar-refractivity contribution in [3.8, 4) is 0 Å². The van der Waals surface area contributed by atoms with Gasteiger partial charge in [-0.2, -0.15) is 0 Å². The zero-order valence-electron chi connectivity index (χ0n) is 11.8. The first-order valence-electron chi connectivity index (χ1n) is 7.30. The summed E-state index contributed by atoms with van der Waals surface area (Å²) in [5, 5.41) is 11.2. The van der Waals surface area contributed by atoms with Gasteiger partial charge in [0.05, 0.1) is 0 Å². The topological polar surface area (TPSA) is 52.6 Å². The molecule has 0 bridgehead atoms. The summed E-state index contributed by atoms with van der Waals surface area (Å²) in [6.07, 6.45) is 3.15. The minimum absolute atomic E-state index is 0.304. The summed E-state index contributed by atoms with van der Waals surface area (Å²) in [7, 11) is 2.20. The first-order chi connectivity index (χ1) is 9.78. The third-order valence-corrected chi connectivity index (χ3v) is 3.53. The summed E-state index contributed by atoms with van der Waals surface area (Å²) in [6, 6.07) is 8.64. The van der Waals surface area contributed by atoms with Crippen LogP contribution in [0.5, 0.6) is 0 Å². The molecule has 1 aromatic carbocycles. The van der Waals surface area contributed by atoms with Crippen LogP contribution >= 0.6 is 0 Å². The van der Waals surface area contributed by atoms with E-state index in [0.29, 0.717) is 6.54 Å². The Bertz CT molecular complexity index is 436. The van der Waals surface area contributed by atoms with E-state index in [-0.39, 0.29) is 5.91 Å². The molecule has 1 saturated heterocycles. The molecule has 20 heavy (non-hydrogen) atoms. The van der Waals surface area contributed by atoms with Crippen LogP contribution < -0.4 is 10.8 Å². The average Bonchev–Trinajstić information content (AvgIpc) is 2.43. The number of hydrogen-bond acceptors (Lipinski definition) is 3. The van der Waals surface area contributed by atoms with Crippen LogP contribution in [0.25, 0.3) is 0 Å². The third kappa shape index (κ3) is 4.98. The van der Waals surface area contributed by atoms with Crippen LogP contribution in [0.4, 0.5) is 0 Å². The van der Waals surface area contributed by atoms with E-state index in [2.05, 4.69) is 41.8 Å². The number of carbonyl (C=O) groups is 1. The number of hydrogen-bond donors (Lipinski definition) is 2. The van der Waals surface area contributed by atoms with Gasteiger partial charge in [0.1, 0.15) is 6.61 Å². The maximum absolute atomic E-state index is 10.9. The molecular formula is C15H22BN2O2. The van der Waals surface area contributed by atoms with E-state index in [4.69, 9.17) is 5.11 Å². The lowest BCUT2D eigenvalue weighted by Gasteiger charge is -2.30. The maximum atomic E-state index is 10.9. The van der Waals surface area contributed by atoms with Gasteiger partial charge >= 0.3 is 0 Å². The second-order valence-electron chi connectivity index (χ2n) is 5.23. The van der Waals surface area contributed by atoms with Crippen molar-refractivity contribution in [2.24, 2.45) is 0 Å². The van der Waals surface area contributed by atoms with Crippen LogP contribution in [0.1, 0.15) is 18.4 Å². The third-order valence-electron chi connectivity index (χ3n) is 3.53. The Morgan fingerprint density at radius 2 is 2.25 bits per heavy atom. The van der Waals surface area contributed by atoms with Crippen molar-refractivity contribution in [2.75, 3.05) is 26.2 Å². The van der Waals surface area contributed by atoms with Crippen LogP contribution in [0, 0.1) is 0 Å². The molecule has 1 heterocycles. The molecule has 0 atom stereocenters. The van der Waals surface area contributed by atoms with Crippen molar-refractivity contribution >= 4 is 18.6 Å². The highest BCUT2D eigenvalue weighted by Crippen LogP contribution is 2.11. The Kier molecular flexibility index (Phi) is 6.08. The van der Waals surface area contributed by atoms with Crippen LogP contribution in [-0.4, -0.2) is 49.4 Å². The van der Waals surface area contributed by atoms with E-state index < -0.39 is 6.61 Å². The lowest BCUT2D eigenvalue weighted by atomic mass is 9.66. The zero-order valence-corrected chi connectivity index (χ0v) is 11.8. The molecular weight excluding hydrogens is 251 g/mol. The van der Waals surface area contributed by atoms with E-state index in [1.54, 1.807) is 0 Å². The first kappa shape index (κ1) is 15.1. The van der Waals surface area contributed by atoms with Crippen molar-refractivity contribution in [1.29, 1.82) is 0 Å². The molecule has 1 amide bonds. The Labute approximate surface area is 121 Å². The second-order valence-corrected chi connectivity index (χ2v) is 5.23. The fourth-order valence-corrected chi connectivity index (χ4v) is 2.27. The monoisotopic (exact) mass is 273 g/mol. The Hall–Kier alpha value is -1.33. The van der Waals surface area contributed by atoms with E-state index in [1.807, 2.05) is 0 Å². The van der Waals surface area contributed by atoms with Gasteiger partial charge in [-0.05, 0) is 31.5 Å². The number of rotatable bonds is 8. The highest BCUT2D eigenvalue weighted by Gasteiger charge is 2.13. The number of benzene rings is 1. The quantitative estimate of drug-likeness (QED) is 0.523. The van der Waals surface area contributed by atoms with Gasteiger partial charge < -0.3 is 10.4 Å². The fourth-order valence-electron chi connectivity index (χ4n) is 2.27. The number of nitrogens with zero attached hydrogens (tertiary/aromatic N) is 1. The minimum atomic E-state index is -0.428. The van der Waals surface area contributed by atoms with Gasteiger partial charge in [0.2, 0.25) is 5.91 Å². The van der Waals surface area contributed by atoms with Crippen LogP contribution in [0.15, 0.2) is 24.3 Å². The van der Waals surface area contributed by atoms with E-state index in [1.165, 1.54) is 30.5 Å². The number of amides is 1. The molecule has 0 aromatic heterocycles. The van der Waals surface area contributed by atoms with E-state index in [0.717, 1.165) is 19.3 Å². The molecule has 0 aliphatic carbocycles. The highest BCUT2D eigenvalue weighted by atomic mass is 16.3. The number of aliphatic hydroxyl groups excluding tert-OH is 1. The predicted octanol–water partition coefficient (Wildman–Crippen LogP) is 0.139. The van der Waals surface area contributed by atoms with Gasteiger partial charge in [0.25, 0.3) is 0 Å². The zero-order chi connectivity index (χ0) is 14.2. The molecule has 0 saturated carbocycles. The molecule has 107 valence electrons. The lowest BCUT2D eigenvalue weighted by molar-refractivity contribution is -0.123. The smallest absolute Gasteiger partial charge is 0.245 e. The molecule has 1 aromatic rings. The molecule has 0 spiro atoms. The van der Waals surface area contributed by atoms with E-state index in [9.17, 15) is 4.79 Å². The number of likely N-dealkylation sites (tertiary alicyclic amines) is 1. The molecule has 4 nitrogen and oxygen atoms in total. The maximum Gasteiger partial charge on any atom is 0.245 e. The van der Waals surface area contributed by atoms with Crippen LogP contribution in [-0.2, 0) is 11.3 Å². The fraction of sp³-hybridized carbons (Fsp3) is 0.533. The normalized spacial score (nSPS) is 14.7. The summed E-state index contributed by atoms with van der Waals surface area (Å²) in [4.78, 5) is 13.3. The standard InChI is InChI=1S/C15H22BN2O2/c19-12-15(20)17-7-2-6-16-14-5-1-4-13(10-14)11-18-8-3-9-18/h1,4-5,10,19H,2-3,6-9,11-12H2,(H,17,20). The van der Waals surface area contributed by atoms with Gasteiger partial charge in [-0.15, -0.1) is 0 Å². The lowest BCUT2D eigenvalue weighted by Crippen LogP contribution is -2.36. The van der Waals surface area contributed by atoms with Gasteiger partial charge in [-0.1, -0.05) is 36.0 Å². The molecule has 5 heteroatoms. The largest absolute Gasteiger partial charge is 0.387 e.